The van der Waals surface area contributed by atoms with Gasteiger partial charge in [0.15, 0.2) is 0 Å². The number of rotatable bonds is 7. The fraction of sp³-hybridized carbons (Fsp3) is 0.435. The lowest BCUT2D eigenvalue weighted by Crippen LogP contribution is -2.49. The van der Waals surface area contributed by atoms with Crippen LogP contribution in [0.2, 0.25) is 0 Å². The molecule has 0 aromatic heterocycles. The number of hydrogen-bond acceptors (Lipinski definition) is 4. The molecule has 150 valence electrons. The number of piperazine rings is 1. The first-order valence-corrected chi connectivity index (χ1v) is 10.1. The van der Waals surface area contributed by atoms with E-state index in [4.69, 9.17) is 4.74 Å². The molecule has 1 heterocycles. The molecule has 0 spiro atoms. The minimum absolute atomic E-state index is 0.0752. The standard InChI is InChI=1S/C23H31N3O2/c1-4-22(19-10-8-18(2)9-11-19)24-23(27)17-25-12-14-26(15-13-25)20-6-5-7-21(16-20)28-3/h5-11,16,22H,4,12-15,17H2,1-3H3,(H,24,27)/t22-/m1/s1. The molecule has 1 atom stereocenters. The van der Waals surface area contributed by atoms with Crippen LogP contribution in [0.4, 0.5) is 5.69 Å². The van der Waals surface area contributed by atoms with E-state index in [0.717, 1.165) is 38.3 Å². The van der Waals surface area contributed by atoms with Crippen molar-refractivity contribution in [3.05, 3.63) is 59.7 Å². The molecule has 1 saturated heterocycles. The van der Waals surface area contributed by atoms with Crippen LogP contribution < -0.4 is 15.0 Å². The van der Waals surface area contributed by atoms with Crippen molar-refractivity contribution in [1.29, 1.82) is 0 Å². The molecule has 0 aliphatic carbocycles. The highest BCUT2D eigenvalue weighted by Crippen LogP contribution is 2.22. The third-order valence-electron chi connectivity index (χ3n) is 5.38. The summed E-state index contributed by atoms with van der Waals surface area (Å²) in [5, 5.41) is 3.20. The van der Waals surface area contributed by atoms with Gasteiger partial charge in [0.2, 0.25) is 5.91 Å². The van der Waals surface area contributed by atoms with E-state index in [2.05, 4.69) is 65.4 Å². The number of benzene rings is 2. The van der Waals surface area contributed by atoms with Gasteiger partial charge < -0.3 is 15.0 Å². The van der Waals surface area contributed by atoms with E-state index in [0.29, 0.717) is 6.54 Å². The Morgan fingerprint density at radius 2 is 1.82 bits per heavy atom. The Morgan fingerprint density at radius 3 is 2.46 bits per heavy atom. The molecule has 1 fully saturated rings. The summed E-state index contributed by atoms with van der Waals surface area (Å²) in [7, 11) is 1.69. The van der Waals surface area contributed by atoms with Gasteiger partial charge in [-0.3, -0.25) is 9.69 Å². The molecule has 1 amide bonds. The number of ether oxygens (including phenoxy) is 1. The van der Waals surface area contributed by atoms with Gasteiger partial charge in [0.25, 0.3) is 0 Å². The summed E-state index contributed by atoms with van der Waals surface area (Å²) in [5.41, 5.74) is 3.58. The summed E-state index contributed by atoms with van der Waals surface area (Å²) in [4.78, 5) is 17.1. The van der Waals surface area contributed by atoms with Crippen molar-refractivity contribution in [2.75, 3.05) is 44.7 Å². The van der Waals surface area contributed by atoms with Gasteiger partial charge in [0.05, 0.1) is 19.7 Å². The van der Waals surface area contributed by atoms with Crippen LogP contribution in [0.3, 0.4) is 0 Å². The number of carbonyl (C=O) groups is 1. The van der Waals surface area contributed by atoms with Crippen LogP contribution in [0.15, 0.2) is 48.5 Å². The van der Waals surface area contributed by atoms with Crippen LogP contribution in [0.25, 0.3) is 0 Å². The summed E-state index contributed by atoms with van der Waals surface area (Å²) in [6, 6.07) is 16.6. The molecule has 2 aromatic rings. The molecule has 1 aliphatic rings. The Labute approximate surface area is 168 Å². The second-order valence-corrected chi connectivity index (χ2v) is 7.40. The van der Waals surface area contributed by atoms with Crippen molar-refractivity contribution in [3.8, 4) is 5.75 Å². The molecular formula is C23H31N3O2. The third-order valence-corrected chi connectivity index (χ3v) is 5.38. The summed E-state index contributed by atoms with van der Waals surface area (Å²) < 4.78 is 5.32. The molecule has 0 bridgehead atoms. The first-order chi connectivity index (χ1) is 13.6. The largest absolute Gasteiger partial charge is 0.497 e. The highest BCUT2D eigenvalue weighted by Gasteiger charge is 2.21. The van der Waals surface area contributed by atoms with Crippen LogP contribution in [0, 0.1) is 6.92 Å². The van der Waals surface area contributed by atoms with Crippen LogP contribution in [-0.2, 0) is 4.79 Å². The minimum atomic E-state index is 0.0752. The topological polar surface area (TPSA) is 44.8 Å². The Balaban J connectivity index is 1.49. The summed E-state index contributed by atoms with van der Waals surface area (Å²) >= 11 is 0. The zero-order valence-electron chi connectivity index (χ0n) is 17.1. The minimum Gasteiger partial charge on any atom is -0.497 e. The van der Waals surface area contributed by atoms with Gasteiger partial charge in [0.1, 0.15) is 5.75 Å². The van der Waals surface area contributed by atoms with Gasteiger partial charge in [-0.2, -0.15) is 0 Å². The smallest absolute Gasteiger partial charge is 0.234 e. The van der Waals surface area contributed by atoms with Gasteiger partial charge >= 0.3 is 0 Å². The van der Waals surface area contributed by atoms with Gasteiger partial charge in [-0.25, -0.2) is 0 Å². The maximum absolute atomic E-state index is 12.6. The predicted octanol–water partition coefficient (Wildman–Crippen LogP) is 3.39. The van der Waals surface area contributed by atoms with Crippen LogP contribution in [-0.4, -0.2) is 50.6 Å². The van der Waals surface area contributed by atoms with Crippen LogP contribution >= 0.6 is 0 Å². The van der Waals surface area contributed by atoms with Gasteiger partial charge in [-0.05, 0) is 31.0 Å². The van der Waals surface area contributed by atoms with Crippen LogP contribution in [0.1, 0.15) is 30.5 Å². The molecule has 0 radical (unpaired) electrons. The molecule has 1 N–H and O–H groups in total. The average Bonchev–Trinajstić information content (AvgIpc) is 2.73. The van der Waals surface area contributed by atoms with E-state index in [-0.39, 0.29) is 11.9 Å². The molecule has 0 unspecified atom stereocenters. The lowest BCUT2D eigenvalue weighted by Gasteiger charge is -2.36. The molecule has 0 saturated carbocycles. The number of nitrogens with zero attached hydrogens (tertiary/aromatic N) is 2. The number of aryl methyl sites for hydroxylation is 1. The predicted molar refractivity (Wildman–Crippen MR) is 114 cm³/mol. The van der Waals surface area contributed by atoms with E-state index in [1.807, 2.05) is 12.1 Å². The molecule has 28 heavy (non-hydrogen) atoms. The normalized spacial score (nSPS) is 15.9. The maximum atomic E-state index is 12.6. The first-order valence-electron chi connectivity index (χ1n) is 10.1. The number of methoxy groups -OCH3 is 1. The molecule has 5 nitrogen and oxygen atoms in total. The van der Waals surface area contributed by atoms with Crippen molar-refractivity contribution in [2.45, 2.75) is 26.3 Å². The van der Waals surface area contributed by atoms with Crippen molar-refractivity contribution < 1.29 is 9.53 Å². The average molecular weight is 382 g/mol. The van der Waals surface area contributed by atoms with Gasteiger partial charge in [-0.1, -0.05) is 42.8 Å². The van der Waals surface area contributed by atoms with E-state index >= 15 is 0 Å². The van der Waals surface area contributed by atoms with Crippen molar-refractivity contribution in [1.82, 2.24) is 10.2 Å². The lowest BCUT2D eigenvalue weighted by molar-refractivity contribution is -0.123. The third kappa shape index (κ3) is 5.26. The Kier molecular flexibility index (Phi) is 6.93. The van der Waals surface area contributed by atoms with Crippen molar-refractivity contribution in [2.24, 2.45) is 0 Å². The van der Waals surface area contributed by atoms with Gasteiger partial charge in [-0.15, -0.1) is 0 Å². The molecular weight excluding hydrogens is 350 g/mol. The summed E-state index contributed by atoms with van der Waals surface area (Å²) in [6.07, 6.45) is 0.887. The Bertz CT molecular complexity index is 768. The monoisotopic (exact) mass is 381 g/mol. The van der Waals surface area contributed by atoms with Crippen molar-refractivity contribution >= 4 is 11.6 Å². The molecule has 5 heteroatoms. The van der Waals surface area contributed by atoms with Crippen molar-refractivity contribution in [3.63, 3.8) is 0 Å². The Hall–Kier alpha value is -2.53. The summed E-state index contributed by atoms with van der Waals surface area (Å²) in [6.45, 7) is 8.23. The number of anilines is 1. The first kappa shape index (κ1) is 20.2. The number of amides is 1. The number of nitrogens with one attached hydrogen (secondary N) is 1. The second-order valence-electron chi connectivity index (χ2n) is 7.40. The second kappa shape index (κ2) is 9.60. The highest BCUT2D eigenvalue weighted by molar-refractivity contribution is 5.78. The van der Waals surface area contributed by atoms with E-state index in [1.165, 1.54) is 16.8 Å². The van der Waals surface area contributed by atoms with E-state index < -0.39 is 0 Å². The SMILES string of the molecule is CC[C@@H](NC(=O)CN1CCN(c2cccc(OC)c2)CC1)c1ccc(C)cc1. The number of carbonyl (C=O) groups excluding carboxylic acids is 1. The van der Waals surface area contributed by atoms with Gasteiger partial charge in [0, 0.05) is 37.9 Å². The Morgan fingerprint density at radius 1 is 1.11 bits per heavy atom. The fourth-order valence-electron chi connectivity index (χ4n) is 3.63. The summed E-state index contributed by atoms with van der Waals surface area (Å²) in [5.74, 6) is 0.975. The lowest BCUT2D eigenvalue weighted by atomic mass is 10.0. The zero-order valence-corrected chi connectivity index (χ0v) is 17.1. The van der Waals surface area contributed by atoms with E-state index in [9.17, 15) is 4.79 Å². The number of hydrogen-bond donors (Lipinski definition) is 1. The fourth-order valence-corrected chi connectivity index (χ4v) is 3.63. The quantitative estimate of drug-likeness (QED) is 0.798. The van der Waals surface area contributed by atoms with Crippen LogP contribution in [0.5, 0.6) is 5.75 Å². The molecule has 2 aromatic carbocycles. The zero-order chi connectivity index (χ0) is 19.9. The molecule has 3 rings (SSSR count). The van der Waals surface area contributed by atoms with E-state index in [1.54, 1.807) is 7.11 Å². The highest BCUT2D eigenvalue weighted by atomic mass is 16.5. The molecule has 1 aliphatic heterocycles. The maximum Gasteiger partial charge on any atom is 0.234 e.